The van der Waals surface area contributed by atoms with Crippen LogP contribution in [0.15, 0.2) is 18.2 Å². The van der Waals surface area contributed by atoms with Crippen LogP contribution in [-0.2, 0) is 6.54 Å². The lowest BCUT2D eigenvalue weighted by molar-refractivity contribution is 0.0970. The Morgan fingerprint density at radius 3 is 2.62 bits per heavy atom. The van der Waals surface area contributed by atoms with Gasteiger partial charge in [-0.1, -0.05) is 19.1 Å². The minimum absolute atomic E-state index is 0.142. The number of rotatable bonds is 3. The summed E-state index contributed by atoms with van der Waals surface area (Å²) in [5.74, 6) is 0.348. The molecule has 21 heavy (non-hydrogen) atoms. The summed E-state index contributed by atoms with van der Waals surface area (Å²) in [6, 6.07) is 6.74. The van der Waals surface area contributed by atoms with Crippen LogP contribution in [0.4, 0.5) is 5.69 Å². The average Bonchev–Trinajstić information content (AvgIpc) is 2.39. The van der Waals surface area contributed by atoms with Crippen LogP contribution in [0.3, 0.4) is 0 Å². The second kappa shape index (κ2) is 6.37. The normalized spacial score (nSPS) is 23.4. The number of aryl methyl sites for hydroxylation is 1. The first kappa shape index (κ1) is 16.3. The van der Waals surface area contributed by atoms with Gasteiger partial charge in [-0.2, -0.15) is 0 Å². The molecule has 0 saturated carbocycles. The number of aliphatic hydroxyl groups is 1. The standard InChI is InChI=1S/C18H30N2O/c1-13-10-15(11-19-18(3,4)5)6-7-16(13)20-9-8-17(21)14(2)12-20/h6-7,10,14,17,19,21H,8-9,11-12H2,1-5H3. The first-order valence-corrected chi connectivity index (χ1v) is 8.04. The minimum Gasteiger partial charge on any atom is -0.393 e. The number of hydrogen-bond donors (Lipinski definition) is 2. The molecule has 1 aromatic carbocycles. The quantitative estimate of drug-likeness (QED) is 0.898. The Labute approximate surface area is 129 Å². The van der Waals surface area contributed by atoms with E-state index in [1.807, 2.05) is 0 Å². The van der Waals surface area contributed by atoms with Crippen molar-refractivity contribution in [3.63, 3.8) is 0 Å². The number of nitrogens with one attached hydrogen (secondary N) is 1. The number of benzene rings is 1. The number of anilines is 1. The molecule has 2 rings (SSSR count). The molecule has 1 aromatic rings. The molecule has 0 aromatic heterocycles. The lowest BCUT2D eigenvalue weighted by Crippen LogP contribution is -2.42. The summed E-state index contributed by atoms with van der Waals surface area (Å²) in [6.07, 6.45) is 0.727. The number of hydrogen-bond acceptors (Lipinski definition) is 3. The molecule has 2 atom stereocenters. The van der Waals surface area contributed by atoms with E-state index in [0.29, 0.717) is 5.92 Å². The van der Waals surface area contributed by atoms with E-state index in [4.69, 9.17) is 0 Å². The van der Waals surface area contributed by atoms with E-state index in [-0.39, 0.29) is 11.6 Å². The SMILES string of the molecule is Cc1cc(CNC(C)(C)C)ccc1N1CCC(O)C(C)C1. The Morgan fingerprint density at radius 1 is 1.33 bits per heavy atom. The van der Waals surface area contributed by atoms with Crippen LogP contribution in [0.1, 0.15) is 45.2 Å². The molecular weight excluding hydrogens is 260 g/mol. The van der Waals surface area contributed by atoms with Crippen LogP contribution in [-0.4, -0.2) is 29.8 Å². The molecule has 118 valence electrons. The van der Waals surface area contributed by atoms with Gasteiger partial charge in [-0.25, -0.2) is 0 Å². The maximum atomic E-state index is 9.87. The number of nitrogens with zero attached hydrogens (tertiary/aromatic N) is 1. The highest BCUT2D eigenvalue weighted by Gasteiger charge is 2.25. The molecule has 2 N–H and O–H groups in total. The van der Waals surface area contributed by atoms with Gasteiger partial charge in [-0.05, 0) is 57.2 Å². The summed E-state index contributed by atoms with van der Waals surface area (Å²) >= 11 is 0. The minimum atomic E-state index is -0.142. The molecule has 1 aliphatic rings. The molecule has 0 aliphatic carbocycles. The molecule has 1 saturated heterocycles. The van der Waals surface area contributed by atoms with Gasteiger partial charge in [0.15, 0.2) is 0 Å². The van der Waals surface area contributed by atoms with Gasteiger partial charge in [0, 0.05) is 30.9 Å². The van der Waals surface area contributed by atoms with Gasteiger partial charge in [0.05, 0.1) is 6.10 Å². The Morgan fingerprint density at radius 2 is 2.05 bits per heavy atom. The maximum absolute atomic E-state index is 9.87. The van der Waals surface area contributed by atoms with Gasteiger partial charge < -0.3 is 15.3 Å². The fraction of sp³-hybridized carbons (Fsp3) is 0.667. The zero-order valence-electron chi connectivity index (χ0n) is 14.1. The molecule has 0 bridgehead atoms. The maximum Gasteiger partial charge on any atom is 0.0599 e. The fourth-order valence-corrected chi connectivity index (χ4v) is 2.90. The van der Waals surface area contributed by atoms with Crippen molar-refractivity contribution in [3.05, 3.63) is 29.3 Å². The van der Waals surface area contributed by atoms with E-state index in [2.05, 4.69) is 63.0 Å². The molecule has 3 heteroatoms. The smallest absolute Gasteiger partial charge is 0.0599 e. The summed E-state index contributed by atoms with van der Waals surface area (Å²) < 4.78 is 0. The van der Waals surface area contributed by atoms with Crippen LogP contribution in [0.25, 0.3) is 0 Å². The predicted molar refractivity (Wildman–Crippen MR) is 89.8 cm³/mol. The van der Waals surface area contributed by atoms with E-state index in [1.165, 1.54) is 16.8 Å². The van der Waals surface area contributed by atoms with Crippen LogP contribution >= 0.6 is 0 Å². The predicted octanol–water partition coefficient (Wildman–Crippen LogP) is 3.09. The second-order valence-electron chi connectivity index (χ2n) is 7.50. The monoisotopic (exact) mass is 290 g/mol. The van der Waals surface area contributed by atoms with Gasteiger partial charge in [-0.15, -0.1) is 0 Å². The summed E-state index contributed by atoms with van der Waals surface area (Å²) in [5, 5.41) is 13.4. The van der Waals surface area contributed by atoms with E-state index in [1.54, 1.807) is 0 Å². The summed E-state index contributed by atoms with van der Waals surface area (Å²) in [4.78, 5) is 2.41. The van der Waals surface area contributed by atoms with Gasteiger partial charge >= 0.3 is 0 Å². The number of aliphatic hydroxyl groups excluding tert-OH is 1. The Kier molecular flexibility index (Phi) is 4.95. The van der Waals surface area contributed by atoms with Crippen molar-refractivity contribution < 1.29 is 5.11 Å². The third-order valence-electron chi connectivity index (χ3n) is 4.28. The summed E-state index contributed by atoms with van der Waals surface area (Å²) in [7, 11) is 0. The first-order valence-electron chi connectivity index (χ1n) is 8.04. The largest absolute Gasteiger partial charge is 0.393 e. The van der Waals surface area contributed by atoms with E-state index < -0.39 is 0 Å². The third kappa shape index (κ3) is 4.45. The van der Waals surface area contributed by atoms with E-state index in [9.17, 15) is 5.11 Å². The molecule has 1 heterocycles. The van der Waals surface area contributed by atoms with Gasteiger partial charge in [0.2, 0.25) is 0 Å². The van der Waals surface area contributed by atoms with Crippen LogP contribution < -0.4 is 10.2 Å². The van der Waals surface area contributed by atoms with Crippen molar-refractivity contribution >= 4 is 5.69 Å². The van der Waals surface area contributed by atoms with Gasteiger partial charge in [0.1, 0.15) is 0 Å². The van der Waals surface area contributed by atoms with Crippen molar-refractivity contribution in [1.82, 2.24) is 5.32 Å². The molecule has 1 aliphatic heterocycles. The molecule has 0 radical (unpaired) electrons. The topological polar surface area (TPSA) is 35.5 Å². The second-order valence-corrected chi connectivity index (χ2v) is 7.50. The highest BCUT2D eigenvalue weighted by Crippen LogP contribution is 2.27. The zero-order chi connectivity index (χ0) is 15.6. The summed E-state index contributed by atoms with van der Waals surface area (Å²) in [6.45, 7) is 13.7. The average molecular weight is 290 g/mol. The van der Waals surface area contributed by atoms with Crippen molar-refractivity contribution in [3.8, 4) is 0 Å². The summed E-state index contributed by atoms with van der Waals surface area (Å²) in [5.41, 5.74) is 4.11. The molecule has 2 unspecified atom stereocenters. The molecule has 0 spiro atoms. The fourth-order valence-electron chi connectivity index (χ4n) is 2.90. The Bertz CT molecular complexity index is 479. The van der Waals surface area contributed by atoms with Crippen LogP contribution in [0.5, 0.6) is 0 Å². The van der Waals surface area contributed by atoms with Crippen LogP contribution in [0, 0.1) is 12.8 Å². The van der Waals surface area contributed by atoms with Crippen molar-refractivity contribution in [2.75, 3.05) is 18.0 Å². The first-order chi connectivity index (χ1) is 9.76. The Balaban J connectivity index is 2.05. The number of piperidine rings is 1. The highest BCUT2D eigenvalue weighted by molar-refractivity contribution is 5.55. The Hall–Kier alpha value is -1.06. The van der Waals surface area contributed by atoms with Crippen molar-refractivity contribution in [1.29, 1.82) is 0 Å². The lowest BCUT2D eigenvalue weighted by atomic mass is 9.95. The molecule has 3 nitrogen and oxygen atoms in total. The molecular formula is C18H30N2O. The van der Waals surface area contributed by atoms with E-state index in [0.717, 1.165) is 26.1 Å². The molecule has 0 amide bonds. The zero-order valence-corrected chi connectivity index (χ0v) is 14.1. The van der Waals surface area contributed by atoms with E-state index >= 15 is 0 Å². The van der Waals surface area contributed by atoms with Crippen LogP contribution in [0.2, 0.25) is 0 Å². The highest BCUT2D eigenvalue weighted by atomic mass is 16.3. The third-order valence-corrected chi connectivity index (χ3v) is 4.28. The van der Waals surface area contributed by atoms with Gasteiger partial charge in [-0.3, -0.25) is 0 Å². The van der Waals surface area contributed by atoms with Gasteiger partial charge in [0.25, 0.3) is 0 Å². The molecule has 1 fully saturated rings. The van der Waals surface area contributed by atoms with Crippen molar-refractivity contribution in [2.24, 2.45) is 5.92 Å². The van der Waals surface area contributed by atoms with Crippen molar-refractivity contribution in [2.45, 2.75) is 59.2 Å². The lowest BCUT2D eigenvalue weighted by Gasteiger charge is -2.36.